The van der Waals surface area contributed by atoms with Crippen molar-refractivity contribution < 1.29 is 78.7 Å². The van der Waals surface area contributed by atoms with Crippen LogP contribution in [-0.2, 0) is 39.3 Å². The second-order valence-electron chi connectivity index (χ2n) is 8.29. The van der Waals surface area contributed by atoms with E-state index in [0.717, 1.165) is 38.4 Å². The van der Waals surface area contributed by atoms with E-state index in [4.69, 9.17) is 39.2 Å². The number of halogens is 9. The molecule has 2 aromatic heterocycles. The second kappa shape index (κ2) is 17.2. The number of aromatic nitrogens is 3. The number of rotatable bonds is 6. The van der Waals surface area contributed by atoms with Gasteiger partial charge in [-0.15, -0.1) is 0 Å². The average Bonchev–Trinajstić information content (AvgIpc) is 3.27. The number of nitrogens with zero attached hydrogens (tertiary/aromatic N) is 4. The molecule has 2 aromatic rings. The SMILES string of the molecule is CCOCC1CN(Cc2cccnc2OC)Cc2cnn(C)c21.O=C(O)C(F)(F)F.O=C(O)C(F)(F)F.O=C(O)C(F)(F)F. The molecule has 250 valence electrons. The monoisotopic (exact) mass is 658 g/mol. The molecule has 1 aliphatic heterocycles. The summed E-state index contributed by atoms with van der Waals surface area (Å²) in [7, 11) is 3.68. The largest absolute Gasteiger partial charge is 0.490 e. The maximum atomic E-state index is 10.6. The van der Waals surface area contributed by atoms with Gasteiger partial charge >= 0.3 is 36.4 Å². The number of carbonyl (C=O) groups is 3. The van der Waals surface area contributed by atoms with Crippen molar-refractivity contribution in [2.45, 2.75) is 44.5 Å². The van der Waals surface area contributed by atoms with Crippen molar-refractivity contribution in [1.29, 1.82) is 0 Å². The third kappa shape index (κ3) is 14.4. The van der Waals surface area contributed by atoms with E-state index in [1.165, 1.54) is 11.3 Å². The molecule has 0 bridgehead atoms. The van der Waals surface area contributed by atoms with Gasteiger partial charge in [-0.25, -0.2) is 19.4 Å². The van der Waals surface area contributed by atoms with Gasteiger partial charge < -0.3 is 24.8 Å². The fraction of sp³-hybridized carbons (Fsp3) is 0.522. The molecular formula is C23H27F9N4O8. The van der Waals surface area contributed by atoms with Crippen LogP contribution in [0.1, 0.15) is 29.7 Å². The number of methoxy groups -OCH3 is 1. The Hall–Kier alpha value is -4.14. The number of carboxylic acids is 3. The Morgan fingerprint density at radius 1 is 0.955 bits per heavy atom. The highest BCUT2D eigenvalue weighted by molar-refractivity contribution is 5.73. The van der Waals surface area contributed by atoms with Crippen molar-refractivity contribution in [3.05, 3.63) is 41.3 Å². The van der Waals surface area contributed by atoms with E-state index in [1.54, 1.807) is 13.3 Å². The predicted octanol–water partition coefficient (Wildman–Crippen LogP) is 3.86. The highest BCUT2D eigenvalue weighted by atomic mass is 19.4. The van der Waals surface area contributed by atoms with Crippen molar-refractivity contribution >= 4 is 17.9 Å². The summed E-state index contributed by atoms with van der Waals surface area (Å²) in [6, 6.07) is 4.02. The van der Waals surface area contributed by atoms with E-state index in [9.17, 15) is 39.5 Å². The summed E-state index contributed by atoms with van der Waals surface area (Å²) in [6.45, 7) is 6.15. The summed E-state index contributed by atoms with van der Waals surface area (Å²) in [5.41, 5.74) is 3.69. The Labute approximate surface area is 242 Å². The summed E-state index contributed by atoms with van der Waals surface area (Å²) in [5, 5.41) is 25.8. The van der Waals surface area contributed by atoms with E-state index in [-0.39, 0.29) is 0 Å². The lowest BCUT2D eigenvalue weighted by Gasteiger charge is -2.33. The number of hydrogen-bond acceptors (Lipinski definition) is 8. The lowest BCUT2D eigenvalue weighted by Crippen LogP contribution is -2.35. The Morgan fingerprint density at radius 2 is 1.43 bits per heavy atom. The van der Waals surface area contributed by atoms with Gasteiger partial charge in [0.2, 0.25) is 5.88 Å². The Bertz CT molecular complexity index is 1160. The lowest BCUT2D eigenvalue weighted by atomic mass is 9.96. The smallest absolute Gasteiger partial charge is 0.481 e. The zero-order valence-corrected chi connectivity index (χ0v) is 23.0. The van der Waals surface area contributed by atoms with Gasteiger partial charge in [-0.05, 0) is 13.0 Å². The minimum atomic E-state index is -5.08. The van der Waals surface area contributed by atoms with Crippen molar-refractivity contribution in [1.82, 2.24) is 19.7 Å². The molecule has 0 radical (unpaired) electrons. The molecule has 12 nitrogen and oxygen atoms in total. The number of pyridine rings is 1. The number of ether oxygens (including phenoxy) is 2. The lowest BCUT2D eigenvalue weighted by molar-refractivity contribution is -0.193. The van der Waals surface area contributed by atoms with Crippen LogP contribution in [0.2, 0.25) is 0 Å². The maximum absolute atomic E-state index is 10.6. The van der Waals surface area contributed by atoms with Crippen LogP contribution >= 0.6 is 0 Å². The van der Waals surface area contributed by atoms with Gasteiger partial charge in [-0.1, -0.05) is 6.07 Å². The fourth-order valence-corrected chi connectivity index (χ4v) is 3.33. The van der Waals surface area contributed by atoms with Crippen molar-refractivity contribution in [3.63, 3.8) is 0 Å². The van der Waals surface area contributed by atoms with Gasteiger partial charge in [0.05, 0.1) is 19.9 Å². The van der Waals surface area contributed by atoms with Crippen LogP contribution in [0.4, 0.5) is 39.5 Å². The minimum Gasteiger partial charge on any atom is -0.481 e. The van der Waals surface area contributed by atoms with Gasteiger partial charge in [-0.2, -0.15) is 44.6 Å². The first-order valence-electron chi connectivity index (χ1n) is 11.7. The molecule has 0 aromatic carbocycles. The van der Waals surface area contributed by atoms with Gasteiger partial charge in [0.25, 0.3) is 0 Å². The molecule has 0 spiro atoms. The van der Waals surface area contributed by atoms with Crippen LogP contribution in [0, 0.1) is 0 Å². The first kappa shape index (κ1) is 39.9. The Balaban J connectivity index is 0.000000721. The van der Waals surface area contributed by atoms with Gasteiger partial charge in [0.15, 0.2) is 0 Å². The first-order valence-corrected chi connectivity index (χ1v) is 11.7. The normalized spacial score (nSPS) is 14.8. The molecule has 21 heteroatoms. The molecule has 1 aliphatic rings. The quantitative estimate of drug-likeness (QED) is 0.386. The predicted molar refractivity (Wildman–Crippen MR) is 128 cm³/mol. The molecule has 0 fully saturated rings. The number of aryl methyl sites for hydroxylation is 1. The number of fused-ring (bicyclic) bond motifs is 1. The molecule has 3 N–H and O–H groups in total. The Kier molecular flexibility index (Phi) is 15.6. The molecule has 3 heterocycles. The summed E-state index contributed by atoms with van der Waals surface area (Å²) in [4.78, 5) is 33.4. The fourth-order valence-electron chi connectivity index (χ4n) is 3.33. The summed E-state index contributed by atoms with van der Waals surface area (Å²) >= 11 is 0. The van der Waals surface area contributed by atoms with Gasteiger partial charge in [0.1, 0.15) is 0 Å². The molecule has 0 aliphatic carbocycles. The molecule has 1 atom stereocenters. The zero-order valence-electron chi connectivity index (χ0n) is 23.0. The minimum absolute atomic E-state index is 0.342. The molecular weight excluding hydrogens is 631 g/mol. The highest BCUT2D eigenvalue weighted by Gasteiger charge is 2.39. The topological polar surface area (TPSA) is 164 Å². The van der Waals surface area contributed by atoms with Crippen LogP contribution in [0.15, 0.2) is 24.5 Å². The molecule has 3 rings (SSSR count). The molecule has 44 heavy (non-hydrogen) atoms. The molecule has 0 saturated heterocycles. The van der Waals surface area contributed by atoms with Gasteiger partial charge in [0, 0.05) is 62.2 Å². The van der Waals surface area contributed by atoms with Crippen molar-refractivity contribution in [3.8, 4) is 5.88 Å². The van der Waals surface area contributed by atoms with E-state index < -0.39 is 36.4 Å². The summed E-state index contributed by atoms with van der Waals surface area (Å²) < 4.78 is 108. The van der Waals surface area contributed by atoms with Crippen LogP contribution in [-0.4, -0.2) is 98.3 Å². The van der Waals surface area contributed by atoms with Crippen LogP contribution in [0.5, 0.6) is 5.88 Å². The third-order valence-electron chi connectivity index (χ3n) is 5.01. The number of alkyl halides is 9. The van der Waals surface area contributed by atoms with E-state index >= 15 is 0 Å². The zero-order chi connectivity index (χ0) is 34.5. The van der Waals surface area contributed by atoms with E-state index in [0.29, 0.717) is 11.8 Å². The number of carboxylic acid groups (broad SMARTS) is 3. The maximum Gasteiger partial charge on any atom is 0.490 e. The van der Waals surface area contributed by atoms with Crippen LogP contribution in [0.3, 0.4) is 0 Å². The third-order valence-corrected chi connectivity index (χ3v) is 5.01. The van der Waals surface area contributed by atoms with Gasteiger partial charge in [-0.3, -0.25) is 9.58 Å². The standard InChI is InChI=1S/C17H24N4O2.3C2HF3O2/c1-4-23-12-15-11-21(10-14-8-19-20(2)16(14)15)9-13-6-5-7-18-17(13)22-3;3*3-2(4,5)1(6)7/h5-8,15H,4,9-12H2,1-3H3;3*(H,6,7). The van der Waals surface area contributed by atoms with Crippen LogP contribution in [0.25, 0.3) is 0 Å². The molecule has 1 unspecified atom stereocenters. The number of aliphatic carboxylic acids is 3. The first-order chi connectivity index (χ1) is 20.1. The summed E-state index contributed by atoms with van der Waals surface area (Å²) in [6.07, 6.45) is -11.5. The van der Waals surface area contributed by atoms with E-state index in [1.807, 2.05) is 30.9 Å². The highest BCUT2D eigenvalue weighted by Crippen LogP contribution is 2.30. The van der Waals surface area contributed by atoms with E-state index in [2.05, 4.69) is 21.0 Å². The molecule has 0 amide bonds. The van der Waals surface area contributed by atoms with Crippen molar-refractivity contribution in [2.75, 3.05) is 26.9 Å². The summed E-state index contributed by atoms with van der Waals surface area (Å²) in [5.74, 6) is -7.23. The van der Waals surface area contributed by atoms with Crippen LogP contribution < -0.4 is 4.74 Å². The van der Waals surface area contributed by atoms with Crippen molar-refractivity contribution in [2.24, 2.45) is 7.05 Å². The Morgan fingerprint density at radius 3 is 1.84 bits per heavy atom. The second-order valence-corrected chi connectivity index (χ2v) is 8.29. The number of hydrogen-bond donors (Lipinski definition) is 3. The molecule has 0 saturated carbocycles. The average molecular weight is 658 g/mol.